The Morgan fingerprint density at radius 2 is 2.24 bits per heavy atom. The number of hydrogen-bond acceptors (Lipinski definition) is 4. The number of carboxylic acid groups (broad SMARTS) is 1. The summed E-state index contributed by atoms with van der Waals surface area (Å²) >= 11 is 0. The summed E-state index contributed by atoms with van der Waals surface area (Å²) in [6.07, 6.45) is 1.79. The van der Waals surface area contributed by atoms with Gasteiger partial charge in [-0.3, -0.25) is 0 Å². The van der Waals surface area contributed by atoms with Crippen LogP contribution in [0.4, 0.5) is 0 Å². The first-order chi connectivity index (χ1) is 7.92. The summed E-state index contributed by atoms with van der Waals surface area (Å²) < 4.78 is 5.72. The normalized spacial score (nSPS) is 36.2. The predicted octanol–water partition coefficient (Wildman–Crippen LogP) is 1.67. The highest BCUT2D eigenvalue weighted by atomic mass is 16.7. The van der Waals surface area contributed by atoms with Crippen LogP contribution in [-0.2, 0) is 14.4 Å². The molecule has 2 aliphatic rings. The fourth-order valence-corrected chi connectivity index (χ4v) is 2.64. The molecule has 3 unspecified atom stereocenters. The van der Waals surface area contributed by atoms with Crippen LogP contribution in [0, 0.1) is 11.8 Å². The third-order valence-electron chi connectivity index (χ3n) is 3.59. The van der Waals surface area contributed by atoms with Crippen LogP contribution in [0.1, 0.15) is 33.6 Å². The van der Waals surface area contributed by atoms with E-state index in [1.807, 2.05) is 13.8 Å². The Morgan fingerprint density at radius 3 is 2.82 bits per heavy atom. The third-order valence-corrected chi connectivity index (χ3v) is 3.59. The molecule has 5 heteroatoms. The Kier molecular flexibility index (Phi) is 3.12. The molecule has 1 N–H and O–H groups in total. The van der Waals surface area contributed by atoms with Crippen molar-refractivity contribution in [1.82, 2.24) is 0 Å². The summed E-state index contributed by atoms with van der Waals surface area (Å²) in [4.78, 5) is 16.4. The third kappa shape index (κ3) is 2.29. The highest BCUT2D eigenvalue weighted by molar-refractivity contribution is 6.37. The molecular formula is C12H19NO4. The summed E-state index contributed by atoms with van der Waals surface area (Å²) in [6, 6.07) is 0. The smallest absolute Gasteiger partial charge is 0.354 e. The van der Waals surface area contributed by atoms with Gasteiger partial charge in [-0.15, -0.1) is 0 Å². The van der Waals surface area contributed by atoms with Crippen molar-refractivity contribution in [2.45, 2.75) is 45.3 Å². The van der Waals surface area contributed by atoms with E-state index in [1.54, 1.807) is 0 Å². The van der Waals surface area contributed by atoms with E-state index in [4.69, 9.17) is 14.7 Å². The minimum absolute atomic E-state index is 0.0918. The van der Waals surface area contributed by atoms with E-state index in [2.05, 4.69) is 12.1 Å². The monoisotopic (exact) mass is 241 g/mol. The van der Waals surface area contributed by atoms with Crippen LogP contribution in [0.5, 0.6) is 0 Å². The van der Waals surface area contributed by atoms with Crippen LogP contribution in [-0.4, -0.2) is 35.1 Å². The van der Waals surface area contributed by atoms with Crippen LogP contribution >= 0.6 is 0 Å². The van der Waals surface area contributed by atoms with Gasteiger partial charge < -0.3 is 14.7 Å². The van der Waals surface area contributed by atoms with E-state index in [-0.39, 0.29) is 17.7 Å². The highest BCUT2D eigenvalue weighted by Crippen LogP contribution is 2.37. The lowest BCUT2D eigenvalue weighted by Gasteiger charge is -2.36. The van der Waals surface area contributed by atoms with Crippen LogP contribution in [0.15, 0.2) is 5.16 Å². The molecule has 96 valence electrons. The molecule has 0 aromatic heterocycles. The van der Waals surface area contributed by atoms with E-state index in [0.717, 1.165) is 12.8 Å². The molecule has 0 aliphatic carbocycles. The van der Waals surface area contributed by atoms with E-state index in [1.165, 1.54) is 0 Å². The van der Waals surface area contributed by atoms with Gasteiger partial charge >= 0.3 is 5.97 Å². The second kappa shape index (κ2) is 4.29. The summed E-state index contributed by atoms with van der Waals surface area (Å²) in [7, 11) is 0. The minimum Gasteiger partial charge on any atom is -0.477 e. The quantitative estimate of drug-likeness (QED) is 0.798. The molecule has 3 atom stereocenters. The average molecular weight is 241 g/mol. The Labute approximate surface area is 101 Å². The molecule has 2 heterocycles. The summed E-state index contributed by atoms with van der Waals surface area (Å²) in [5, 5.41) is 12.9. The molecule has 2 aliphatic heterocycles. The number of carbonyl (C=O) groups is 1. The molecule has 0 aromatic rings. The standard InChI is InChI=1S/C12H19NO4/c1-7-4-5-16-8(6-7)9-10(11(14)15)13-17-12(9,2)3/h7-9H,4-6H2,1-3H3,(H,14,15). The molecule has 1 fully saturated rings. The number of rotatable bonds is 2. The maximum atomic E-state index is 11.2. The second-order valence-electron chi connectivity index (χ2n) is 5.49. The molecule has 0 spiro atoms. The van der Waals surface area contributed by atoms with Gasteiger partial charge in [0.15, 0.2) is 5.71 Å². The molecule has 0 radical (unpaired) electrons. The van der Waals surface area contributed by atoms with E-state index in [9.17, 15) is 4.79 Å². The first kappa shape index (κ1) is 12.4. The number of oxime groups is 1. The van der Waals surface area contributed by atoms with E-state index in [0.29, 0.717) is 12.5 Å². The van der Waals surface area contributed by atoms with Gasteiger partial charge in [-0.05, 0) is 32.6 Å². The van der Waals surface area contributed by atoms with Gasteiger partial charge in [0.25, 0.3) is 0 Å². The van der Waals surface area contributed by atoms with Gasteiger partial charge in [-0.1, -0.05) is 12.1 Å². The molecular weight excluding hydrogens is 222 g/mol. The number of nitrogens with zero attached hydrogens (tertiary/aromatic N) is 1. The Hall–Kier alpha value is -1.10. The zero-order valence-corrected chi connectivity index (χ0v) is 10.5. The lowest BCUT2D eigenvalue weighted by molar-refractivity contribution is -0.130. The van der Waals surface area contributed by atoms with E-state index < -0.39 is 11.6 Å². The largest absolute Gasteiger partial charge is 0.477 e. The van der Waals surface area contributed by atoms with Gasteiger partial charge in [0.2, 0.25) is 0 Å². The molecule has 1 saturated heterocycles. The van der Waals surface area contributed by atoms with Crippen LogP contribution < -0.4 is 0 Å². The fourth-order valence-electron chi connectivity index (χ4n) is 2.64. The molecule has 0 saturated carbocycles. The second-order valence-corrected chi connectivity index (χ2v) is 5.49. The Balaban J connectivity index is 2.20. The van der Waals surface area contributed by atoms with E-state index >= 15 is 0 Å². The summed E-state index contributed by atoms with van der Waals surface area (Å²) in [5.74, 6) is -0.745. The number of ether oxygens (including phenoxy) is 1. The van der Waals surface area contributed by atoms with Gasteiger partial charge in [0.05, 0.1) is 12.0 Å². The van der Waals surface area contributed by atoms with Crippen molar-refractivity contribution in [1.29, 1.82) is 0 Å². The summed E-state index contributed by atoms with van der Waals surface area (Å²) in [6.45, 7) is 6.57. The fraction of sp³-hybridized carbons (Fsp3) is 0.833. The van der Waals surface area contributed by atoms with Crippen LogP contribution in [0.2, 0.25) is 0 Å². The maximum absolute atomic E-state index is 11.2. The zero-order chi connectivity index (χ0) is 12.6. The van der Waals surface area contributed by atoms with Gasteiger partial charge in [0.1, 0.15) is 5.60 Å². The first-order valence-electron chi connectivity index (χ1n) is 6.03. The Bertz CT molecular complexity index is 350. The molecule has 5 nitrogen and oxygen atoms in total. The topological polar surface area (TPSA) is 68.1 Å². The van der Waals surface area contributed by atoms with Crippen molar-refractivity contribution in [3.05, 3.63) is 0 Å². The van der Waals surface area contributed by atoms with Crippen molar-refractivity contribution in [3.8, 4) is 0 Å². The lowest BCUT2D eigenvalue weighted by atomic mass is 9.78. The average Bonchev–Trinajstić information content (AvgIpc) is 2.54. The molecule has 2 rings (SSSR count). The van der Waals surface area contributed by atoms with Crippen molar-refractivity contribution in [2.24, 2.45) is 17.0 Å². The molecule has 17 heavy (non-hydrogen) atoms. The van der Waals surface area contributed by atoms with Gasteiger partial charge in [-0.2, -0.15) is 0 Å². The van der Waals surface area contributed by atoms with Gasteiger partial charge in [-0.25, -0.2) is 4.79 Å². The number of aliphatic carboxylic acids is 1. The number of hydrogen-bond donors (Lipinski definition) is 1. The number of carboxylic acids is 1. The molecule has 0 amide bonds. The maximum Gasteiger partial charge on any atom is 0.354 e. The van der Waals surface area contributed by atoms with Gasteiger partial charge in [0, 0.05) is 6.61 Å². The predicted molar refractivity (Wildman–Crippen MR) is 61.9 cm³/mol. The first-order valence-corrected chi connectivity index (χ1v) is 6.03. The van der Waals surface area contributed by atoms with Crippen LogP contribution in [0.25, 0.3) is 0 Å². The lowest BCUT2D eigenvalue weighted by Crippen LogP contribution is -2.46. The van der Waals surface area contributed by atoms with Crippen molar-refractivity contribution >= 4 is 11.7 Å². The molecule has 0 aromatic carbocycles. The minimum atomic E-state index is -1.01. The SMILES string of the molecule is CC1CCOC(C2C(C(=O)O)=NOC2(C)C)C1. The zero-order valence-electron chi connectivity index (χ0n) is 10.5. The molecule has 0 bridgehead atoms. The van der Waals surface area contributed by atoms with Crippen molar-refractivity contribution < 1.29 is 19.5 Å². The van der Waals surface area contributed by atoms with Crippen molar-refractivity contribution in [2.75, 3.05) is 6.61 Å². The highest BCUT2D eigenvalue weighted by Gasteiger charge is 2.50. The summed E-state index contributed by atoms with van der Waals surface area (Å²) in [5.41, 5.74) is -0.510. The van der Waals surface area contributed by atoms with Crippen LogP contribution in [0.3, 0.4) is 0 Å². The Morgan fingerprint density at radius 1 is 1.53 bits per heavy atom. The van der Waals surface area contributed by atoms with Crippen molar-refractivity contribution in [3.63, 3.8) is 0 Å².